The van der Waals surface area contributed by atoms with Crippen LogP contribution < -0.4 is 19.7 Å². The van der Waals surface area contributed by atoms with Gasteiger partial charge in [-0.3, -0.25) is 14.9 Å². The van der Waals surface area contributed by atoms with Crippen molar-refractivity contribution in [3.05, 3.63) is 64.7 Å². The molecule has 1 aliphatic carbocycles. The maximum Gasteiger partial charge on any atom is 0.257 e. The van der Waals surface area contributed by atoms with E-state index in [0.717, 1.165) is 36.5 Å². The highest BCUT2D eigenvalue weighted by atomic mass is 32.1. The number of fused-ring (bicyclic) bond motifs is 2. The molecule has 0 spiro atoms. The van der Waals surface area contributed by atoms with Crippen molar-refractivity contribution in [2.45, 2.75) is 18.8 Å². The van der Waals surface area contributed by atoms with Crippen molar-refractivity contribution >= 4 is 34.0 Å². The van der Waals surface area contributed by atoms with Gasteiger partial charge >= 0.3 is 0 Å². The molecule has 6 rings (SSSR count). The third-order valence-electron chi connectivity index (χ3n) is 6.58. The first-order valence-electron chi connectivity index (χ1n) is 11.4. The van der Waals surface area contributed by atoms with E-state index in [1.54, 1.807) is 18.2 Å². The van der Waals surface area contributed by atoms with E-state index in [-0.39, 0.29) is 24.5 Å². The van der Waals surface area contributed by atoms with Gasteiger partial charge in [0.15, 0.2) is 16.6 Å². The maximum absolute atomic E-state index is 13.3. The number of carbonyl (C=O) groups excluding carboxylic acids is 2. The fraction of sp³-hybridized carbons (Fsp3) is 0.320. The summed E-state index contributed by atoms with van der Waals surface area (Å²) in [5, 5.41) is 3.41. The van der Waals surface area contributed by atoms with E-state index >= 15 is 0 Å². The zero-order valence-electron chi connectivity index (χ0n) is 18.5. The van der Waals surface area contributed by atoms with Gasteiger partial charge in [-0.25, -0.2) is 4.98 Å². The van der Waals surface area contributed by atoms with Crippen LogP contribution >= 0.6 is 11.3 Å². The van der Waals surface area contributed by atoms with Gasteiger partial charge in [0.1, 0.15) is 0 Å². The largest absolute Gasteiger partial charge is 0.454 e. The number of hydrogen-bond acceptors (Lipinski definition) is 7. The Labute approximate surface area is 201 Å². The molecule has 1 N–H and O–H groups in total. The smallest absolute Gasteiger partial charge is 0.257 e. The number of benzene rings is 2. The highest BCUT2D eigenvalue weighted by molar-refractivity contribution is 7.16. The van der Waals surface area contributed by atoms with Crippen molar-refractivity contribution in [2.24, 2.45) is 0 Å². The van der Waals surface area contributed by atoms with Gasteiger partial charge in [0.25, 0.3) is 5.91 Å². The third kappa shape index (κ3) is 3.86. The van der Waals surface area contributed by atoms with Gasteiger partial charge in [-0.2, -0.15) is 0 Å². The molecule has 1 fully saturated rings. The lowest BCUT2D eigenvalue weighted by atomic mass is 10.1. The SMILES string of the molecule is O=C(Nc1nc2c(s1)CCC2C(=O)N1CCN(c2ccccc2)CC1)c1ccc2c(c1)OCO2. The van der Waals surface area contributed by atoms with E-state index < -0.39 is 0 Å². The first kappa shape index (κ1) is 21.0. The van der Waals surface area contributed by atoms with E-state index in [4.69, 9.17) is 9.47 Å². The normalized spacial score (nSPS) is 18.6. The molecule has 1 atom stereocenters. The third-order valence-corrected chi connectivity index (χ3v) is 7.63. The number of amides is 2. The Bertz CT molecular complexity index is 1240. The molecule has 2 aliphatic heterocycles. The molecule has 1 unspecified atom stereocenters. The molecule has 8 nitrogen and oxygen atoms in total. The van der Waals surface area contributed by atoms with Crippen LogP contribution in [-0.2, 0) is 11.2 Å². The number of hydrogen-bond donors (Lipinski definition) is 1. The van der Waals surface area contributed by atoms with Crippen molar-refractivity contribution in [2.75, 3.05) is 43.2 Å². The molecule has 0 bridgehead atoms. The molecule has 0 saturated carbocycles. The van der Waals surface area contributed by atoms with Gasteiger partial charge in [-0.1, -0.05) is 18.2 Å². The lowest BCUT2D eigenvalue weighted by Gasteiger charge is -2.37. The number of aryl methyl sites for hydroxylation is 1. The van der Waals surface area contributed by atoms with Crippen LogP contribution in [-0.4, -0.2) is 54.7 Å². The Morgan fingerprint density at radius 1 is 1.00 bits per heavy atom. The molecule has 3 aromatic rings. The van der Waals surface area contributed by atoms with Gasteiger partial charge < -0.3 is 19.3 Å². The second-order valence-electron chi connectivity index (χ2n) is 8.59. The second-order valence-corrected chi connectivity index (χ2v) is 9.67. The predicted molar refractivity (Wildman–Crippen MR) is 129 cm³/mol. The molecular formula is C25H24N4O4S. The fourth-order valence-electron chi connectivity index (χ4n) is 4.77. The van der Waals surface area contributed by atoms with E-state index in [1.807, 2.05) is 23.1 Å². The number of rotatable bonds is 4. The zero-order chi connectivity index (χ0) is 23.1. The van der Waals surface area contributed by atoms with E-state index in [9.17, 15) is 9.59 Å². The maximum atomic E-state index is 13.3. The molecule has 174 valence electrons. The van der Waals surface area contributed by atoms with E-state index in [1.165, 1.54) is 17.0 Å². The van der Waals surface area contributed by atoms with E-state index in [2.05, 4.69) is 27.3 Å². The summed E-state index contributed by atoms with van der Waals surface area (Å²) < 4.78 is 10.7. The average molecular weight is 477 g/mol. The minimum atomic E-state index is -0.259. The quantitative estimate of drug-likeness (QED) is 0.621. The Balaban J connectivity index is 1.10. The second kappa shape index (κ2) is 8.64. The van der Waals surface area contributed by atoms with Crippen LogP contribution in [0.5, 0.6) is 11.5 Å². The topological polar surface area (TPSA) is 84.0 Å². The molecule has 0 radical (unpaired) electrons. The lowest BCUT2D eigenvalue weighted by Crippen LogP contribution is -2.50. The molecule has 1 aromatic heterocycles. The molecule has 3 aliphatic rings. The molecule has 1 saturated heterocycles. The predicted octanol–water partition coefficient (Wildman–Crippen LogP) is 3.50. The number of nitrogens with zero attached hydrogens (tertiary/aromatic N) is 3. The molecule has 2 aromatic carbocycles. The summed E-state index contributed by atoms with van der Waals surface area (Å²) in [5.41, 5.74) is 2.49. The van der Waals surface area contributed by atoms with Crippen LogP contribution in [0.4, 0.5) is 10.8 Å². The highest BCUT2D eigenvalue weighted by Crippen LogP contribution is 2.40. The van der Waals surface area contributed by atoms with Crippen molar-refractivity contribution in [1.82, 2.24) is 9.88 Å². The summed E-state index contributed by atoms with van der Waals surface area (Å²) in [4.78, 5) is 36.1. The Hall–Kier alpha value is -3.59. The van der Waals surface area contributed by atoms with E-state index in [0.29, 0.717) is 35.3 Å². The molecule has 9 heteroatoms. The lowest BCUT2D eigenvalue weighted by molar-refractivity contribution is -0.133. The van der Waals surface area contributed by atoms with Crippen LogP contribution in [0.3, 0.4) is 0 Å². The Kier molecular flexibility index (Phi) is 5.33. The summed E-state index contributed by atoms with van der Waals surface area (Å²) in [7, 11) is 0. The van der Waals surface area contributed by atoms with Gasteiger partial charge in [-0.05, 0) is 43.2 Å². The van der Waals surface area contributed by atoms with Gasteiger partial charge in [0.05, 0.1) is 11.6 Å². The van der Waals surface area contributed by atoms with Crippen LogP contribution in [0.15, 0.2) is 48.5 Å². The molecule has 3 heterocycles. The summed E-state index contributed by atoms with van der Waals surface area (Å²) in [6, 6.07) is 15.4. The number of thiazole rings is 1. The van der Waals surface area contributed by atoms with Crippen molar-refractivity contribution in [3.63, 3.8) is 0 Å². The van der Waals surface area contributed by atoms with Crippen LogP contribution in [0, 0.1) is 0 Å². The first-order chi connectivity index (χ1) is 16.7. The van der Waals surface area contributed by atoms with Crippen LogP contribution in [0.25, 0.3) is 0 Å². The van der Waals surface area contributed by atoms with Gasteiger partial charge in [0, 0.05) is 42.3 Å². The number of para-hydroxylation sites is 1. The fourth-order valence-corrected chi connectivity index (χ4v) is 5.81. The molecule has 34 heavy (non-hydrogen) atoms. The minimum Gasteiger partial charge on any atom is -0.454 e. The number of aromatic nitrogens is 1. The number of piperazine rings is 1. The summed E-state index contributed by atoms with van der Waals surface area (Å²) >= 11 is 1.46. The average Bonchev–Trinajstić information content (AvgIpc) is 3.59. The number of carbonyl (C=O) groups is 2. The first-order valence-corrected chi connectivity index (χ1v) is 12.3. The molecule has 2 amide bonds. The van der Waals surface area contributed by atoms with Crippen molar-refractivity contribution in [3.8, 4) is 11.5 Å². The van der Waals surface area contributed by atoms with Crippen molar-refractivity contribution < 1.29 is 19.1 Å². The number of nitrogens with one attached hydrogen (secondary N) is 1. The van der Waals surface area contributed by atoms with Gasteiger partial charge in [-0.15, -0.1) is 11.3 Å². The minimum absolute atomic E-state index is 0.144. The van der Waals surface area contributed by atoms with Crippen molar-refractivity contribution in [1.29, 1.82) is 0 Å². The molecular weight excluding hydrogens is 452 g/mol. The summed E-state index contributed by atoms with van der Waals surface area (Å²) in [6.45, 7) is 3.22. The monoisotopic (exact) mass is 476 g/mol. The summed E-state index contributed by atoms with van der Waals surface area (Å²) in [6.07, 6.45) is 1.59. The van der Waals surface area contributed by atoms with Crippen LogP contribution in [0.2, 0.25) is 0 Å². The zero-order valence-corrected chi connectivity index (χ0v) is 19.3. The van der Waals surface area contributed by atoms with Gasteiger partial charge in [0.2, 0.25) is 12.7 Å². The summed E-state index contributed by atoms with van der Waals surface area (Å²) in [5.74, 6) is 0.852. The number of ether oxygens (including phenoxy) is 2. The van der Waals surface area contributed by atoms with Crippen LogP contribution in [0.1, 0.15) is 33.3 Å². The number of anilines is 2. The standard InChI is InChI=1S/C25H24N4O4S/c30-23(16-6-8-19-20(14-16)33-15-32-19)27-25-26-22-18(7-9-21(22)34-25)24(31)29-12-10-28(11-13-29)17-4-2-1-3-5-17/h1-6,8,14,18H,7,9-13,15H2,(H,26,27,30). The Morgan fingerprint density at radius 3 is 2.62 bits per heavy atom. The Morgan fingerprint density at radius 2 is 1.79 bits per heavy atom. The highest BCUT2D eigenvalue weighted by Gasteiger charge is 2.36.